The average Bonchev–Trinajstić information content (AvgIpc) is 2.87. The molecule has 5 heteroatoms. The molecular formula is C19H28N2O2S. The molecule has 1 aliphatic heterocycles. The summed E-state index contributed by atoms with van der Waals surface area (Å²) in [7, 11) is 4.21. The molecule has 1 aromatic carbocycles. The number of nitrogens with one attached hydrogen (secondary N) is 1. The number of thioether (sulfide) groups is 1. The number of rotatable bonds is 10. The van der Waals surface area contributed by atoms with E-state index in [2.05, 4.69) is 24.3 Å². The minimum absolute atomic E-state index is 0.0117. The summed E-state index contributed by atoms with van der Waals surface area (Å²) in [5.74, 6) is 1.75. The maximum absolute atomic E-state index is 12.4. The maximum Gasteiger partial charge on any atom is 0.228 e. The van der Waals surface area contributed by atoms with Gasteiger partial charge in [-0.3, -0.25) is 9.59 Å². The van der Waals surface area contributed by atoms with Crippen LogP contribution in [-0.2, 0) is 11.2 Å². The summed E-state index contributed by atoms with van der Waals surface area (Å²) in [6, 6.07) is 3.82. The SMILES string of the molecule is Cc1cc2c(cc1C(=O)CSCCCCCCN(C)C)CC(=O)N2. The molecule has 0 radical (unpaired) electrons. The van der Waals surface area contributed by atoms with Gasteiger partial charge in [-0.15, -0.1) is 0 Å². The zero-order valence-electron chi connectivity index (χ0n) is 15.0. The van der Waals surface area contributed by atoms with Crippen LogP contribution in [0.3, 0.4) is 0 Å². The predicted molar refractivity (Wildman–Crippen MR) is 102 cm³/mol. The second-order valence-corrected chi connectivity index (χ2v) is 7.85. The molecule has 2 rings (SSSR count). The molecule has 0 bridgehead atoms. The topological polar surface area (TPSA) is 49.4 Å². The van der Waals surface area contributed by atoms with Gasteiger partial charge in [-0.25, -0.2) is 0 Å². The van der Waals surface area contributed by atoms with Crippen LogP contribution in [0, 0.1) is 6.92 Å². The van der Waals surface area contributed by atoms with E-state index in [0.29, 0.717) is 12.2 Å². The number of unbranched alkanes of at least 4 members (excludes halogenated alkanes) is 3. The second kappa shape index (κ2) is 9.23. The van der Waals surface area contributed by atoms with Gasteiger partial charge in [0.05, 0.1) is 12.2 Å². The van der Waals surface area contributed by atoms with E-state index in [0.717, 1.165) is 34.7 Å². The fourth-order valence-electron chi connectivity index (χ4n) is 2.91. The number of hydrogen-bond donors (Lipinski definition) is 1. The minimum Gasteiger partial charge on any atom is -0.326 e. The number of nitrogens with zero attached hydrogens (tertiary/aromatic N) is 1. The van der Waals surface area contributed by atoms with Crippen LogP contribution in [0.1, 0.15) is 47.2 Å². The lowest BCUT2D eigenvalue weighted by Gasteiger charge is -2.09. The number of carbonyl (C=O) groups excluding carboxylic acids is 2. The van der Waals surface area contributed by atoms with Gasteiger partial charge in [0.25, 0.3) is 0 Å². The van der Waals surface area contributed by atoms with Gasteiger partial charge in [0, 0.05) is 11.3 Å². The quantitative estimate of drug-likeness (QED) is 0.519. The predicted octanol–water partition coefficient (Wildman–Crippen LogP) is 3.53. The van der Waals surface area contributed by atoms with E-state index in [1.54, 1.807) is 11.8 Å². The van der Waals surface area contributed by atoms with E-state index in [1.807, 2.05) is 19.1 Å². The molecule has 0 fully saturated rings. The number of anilines is 1. The Morgan fingerprint density at radius 2 is 1.96 bits per heavy atom. The summed E-state index contributed by atoms with van der Waals surface area (Å²) in [5.41, 5.74) is 3.52. The Morgan fingerprint density at radius 3 is 2.71 bits per heavy atom. The molecule has 0 unspecified atom stereocenters. The molecule has 0 spiro atoms. The highest BCUT2D eigenvalue weighted by atomic mass is 32.2. The number of hydrogen-bond acceptors (Lipinski definition) is 4. The molecule has 0 atom stereocenters. The monoisotopic (exact) mass is 348 g/mol. The number of aryl methyl sites for hydroxylation is 1. The number of fused-ring (bicyclic) bond motifs is 1. The number of amides is 1. The first-order valence-corrected chi connectivity index (χ1v) is 9.82. The lowest BCUT2D eigenvalue weighted by atomic mass is 10.0. The molecule has 4 nitrogen and oxygen atoms in total. The van der Waals surface area contributed by atoms with Crippen molar-refractivity contribution in [2.45, 2.75) is 39.0 Å². The Morgan fingerprint density at radius 1 is 1.21 bits per heavy atom. The van der Waals surface area contributed by atoms with Crippen LogP contribution in [0.5, 0.6) is 0 Å². The van der Waals surface area contributed by atoms with E-state index in [9.17, 15) is 9.59 Å². The molecule has 0 saturated carbocycles. The van der Waals surface area contributed by atoms with Crippen LogP contribution in [0.15, 0.2) is 12.1 Å². The summed E-state index contributed by atoms with van der Waals surface area (Å²) in [4.78, 5) is 26.1. The van der Waals surface area contributed by atoms with Crippen molar-refractivity contribution in [1.82, 2.24) is 4.90 Å². The van der Waals surface area contributed by atoms with Crippen LogP contribution >= 0.6 is 11.8 Å². The average molecular weight is 349 g/mol. The van der Waals surface area contributed by atoms with E-state index in [4.69, 9.17) is 0 Å². The molecule has 0 saturated heterocycles. The van der Waals surface area contributed by atoms with Gasteiger partial charge in [0.15, 0.2) is 5.78 Å². The standard InChI is InChI=1S/C19H28N2O2S/c1-14-10-17-15(12-19(23)20-17)11-16(14)18(22)13-24-9-7-5-4-6-8-21(2)3/h10-11H,4-9,12-13H2,1-3H3,(H,20,23). The highest BCUT2D eigenvalue weighted by Gasteiger charge is 2.20. The number of benzene rings is 1. The van der Waals surface area contributed by atoms with Gasteiger partial charge in [0.2, 0.25) is 5.91 Å². The highest BCUT2D eigenvalue weighted by Crippen LogP contribution is 2.27. The molecule has 1 aromatic rings. The highest BCUT2D eigenvalue weighted by molar-refractivity contribution is 7.99. The van der Waals surface area contributed by atoms with Crippen molar-refractivity contribution >= 4 is 29.1 Å². The fourth-order valence-corrected chi connectivity index (χ4v) is 3.80. The Balaban J connectivity index is 1.70. The summed E-state index contributed by atoms with van der Waals surface area (Å²) in [6.45, 7) is 3.09. The van der Waals surface area contributed by atoms with Crippen molar-refractivity contribution in [3.05, 3.63) is 28.8 Å². The largest absolute Gasteiger partial charge is 0.326 e. The Hall–Kier alpha value is -1.33. The third-order valence-corrected chi connectivity index (χ3v) is 5.30. The van der Waals surface area contributed by atoms with Crippen LogP contribution in [0.4, 0.5) is 5.69 Å². The van der Waals surface area contributed by atoms with Gasteiger partial charge in [-0.2, -0.15) is 11.8 Å². The Bertz CT molecular complexity index is 599. The van der Waals surface area contributed by atoms with E-state index >= 15 is 0 Å². The molecule has 1 N–H and O–H groups in total. The van der Waals surface area contributed by atoms with Gasteiger partial charge >= 0.3 is 0 Å². The number of ketones is 1. The van der Waals surface area contributed by atoms with Gasteiger partial charge in [-0.1, -0.05) is 12.8 Å². The summed E-state index contributed by atoms with van der Waals surface area (Å²) in [6.07, 6.45) is 5.30. The number of carbonyl (C=O) groups is 2. The lowest BCUT2D eigenvalue weighted by molar-refractivity contribution is -0.115. The van der Waals surface area contributed by atoms with Crippen molar-refractivity contribution in [2.24, 2.45) is 0 Å². The van der Waals surface area contributed by atoms with Crippen LogP contribution in [0.25, 0.3) is 0 Å². The molecule has 1 heterocycles. The van der Waals surface area contributed by atoms with Crippen molar-refractivity contribution in [1.29, 1.82) is 0 Å². The third kappa shape index (κ3) is 5.64. The number of Topliss-reactive ketones (excluding diaryl/α,β-unsaturated/α-hetero) is 1. The second-order valence-electron chi connectivity index (χ2n) is 6.74. The minimum atomic E-state index is 0.0117. The Kier molecular flexibility index (Phi) is 7.31. The molecule has 24 heavy (non-hydrogen) atoms. The normalized spacial score (nSPS) is 13.2. The van der Waals surface area contributed by atoms with Crippen LogP contribution in [0.2, 0.25) is 0 Å². The zero-order chi connectivity index (χ0) is 17.5. The lowest BCUT2D eigenvalue weighted by Crippen LogP contribution is -2.12. The summed E-state index contributed by atoms with van der Waals surface area (Å²) >= 11 is 1.72. The summed E-state index contributed by atoms with van der Waals surface area (Å²) < 4.78 is 0. The Labute approximate surface area is 149 Å². The maximum atomic E-state index is 12.4. The first-order chi connectivity index (χ1) is 11.5. The molecular weight excluding hydrogens is 320 g/mol. The van der Waals surface area contributed by atoms with Crippen molar-refractivity contribution in [3.8, 4) is 0 Å². The molecule has 1 amide bonds. The molecule has 1 aliphatic rings. The molecule has 0 aromatic heterocycles. The fraction of sp³-hybridized carbons (Fsp3) is 0.579. The van der Waals surface area contributed by atoms with E-state index < -0.39 is 0 Å². The smallest absolute Gasteiger partial charge is 0.228 e. The zero-order valence-corrected chi connectivity index (χ0v) is 15.8. The first kappa shape index (κ1) is 19.0. The van der Waals surface area contributed by atoms with Crippen LogP contribution in [-0.4, -0.2) is 48.7 Å². The van der Waals surface area contributed by atoms with Crippen molar-refractivity contribution in [3.63, 3.8) is 0 Å². The first-order valence-electron chi connectivity index (χ1n) is 8.66. The summed E-state index contributed by atoms with van der Waals surface area (Å²) in [5, 5.41) is 2.83. The van der Waals surface area contributed by atoms with E-state index in [1.165, 1.54) is 25.7 Å². The molecule has 0 aliphatic carbocycles. The third-order valence-electron chi connectivity index (χ3n) is 4.25. The van der Waals surface area contributed by atoms with Crippen LogP contribution < -0.4 is 5.32 Å². The van der Waals surface area contributed by atoms with Crippen molar-refractivity contribution < 1.29 is 9.59 Å². The molecule has 132 valence electrons. The van der Waals surface area contributed by atoms with Crippen molar-refractivity contribution in [2.75, 3.05) is 37.5 Å². The van der Waals surface area contributed by atoms with E-state index in [-0.39, 0.29) is 11.7 Å². The van der Waals surface area contributed by atoms with Gasteiger partial charge in [-0.05, 0) is 69.4 Å². The van der Waals surface area contributed by atoms with Gasteiger partial charge < -0.3 is 10.2 Å². The van der Waals surface area contributed by atoms with Gasteiger partial charge in [0.1, 0.15) is 0 Å².